The second-order valence-corrected chi connectivity index (χ2v) is 5.35. The van der Waals surface area contributed by atoms with Crippen LogP contribution in [0.2, 0.25) is 0 Å². The number of anilines is 1. The Labute approximate surface area is 124 Å². The van der Waals surface area contributed by atoms with Crippen LogP contribution in [0, 0.1) is 0 Å². The molecule has 1 unspecified atom stereocenters. The zero-order valence-electron chi connectivity index (χ0n) is 12.2. The van der Waals surface area contributed by atoms with Gasteiger partial charge in [-0.3, -0.25) is 14.5 Å². The van der Waals surface area contributed by atoms with Crippen molar-refractivity contribution in [1.29, 1.82) is 0 Å². The van der Waals surface area contributed by atoms with Gasteiger partial charge in [0, 0.05) is 31.9 Å². The van der Waals surface area contributed by atoms with Gasteiger partial charge in [-0.05, 0) is 24.6 Å². The van der Waals surface area contributed by atoms with Crippen molar-refractivity contribution in [3.8, 4) is 0 Å². The highest BCUT2D eigenvalue weighted by molar-refractivity contribution is 5.79. The first kappa shape index (κ1) is 15.3. The Bertz CT molecular complexity index is 507. The molecule has 1 aromatic carbocycles. The molecule has 0 aliphatic carbocycles. The summed E-state index contributed by atoms with van der Waals surface area (Å²) in [5.41, 5.74) is 7.24. The first-order chi connectivity index (χ1) is 9.97. The Balaban J connectivity index is 1.85. The highest BCUT2D eigenvalue weighted by Crippen LogP contribution is 2.11. The summed E-state index contributed by atoms with van der Waals surface area (Å²) in [6.07, 6.45) is 0.356. The second kappa shape index (κ2) is 6.58. The van der Waals surface area contributed by atoms with Crippen molar-refractivity contribution in [2.75, 3.05) is 31.9 Å². The fourth-order valence-corrected chi connectivity index (χ4v) is 2.44. The first-order valence-electron chi connectivity index (χ1n) is 7.06. The molecular formula is C15H21N3O3. The number of nitrogens with zero attached hydrogens (tertiary/aromatic N) is 2. The van der Waals surface area contributed by atoms with Gasteiger partial charge >= 0.3 is 5.97 Å². The Kier molecular flexibility index (Phi) is 4.80. The van der Waals surface area contributed by atoms with Crippen LogP contribution < -0.4 is 5.73 Å². The molecule has 6 nitrogen and oxygen atoms in total. The van der Waals surface area contributed by atoms with Crippen LogP contribution in [0.4, 0.5) is 5.69 Å². The topological polar surface area (TPSA) is 86.9 Å². The van der Waals surface area contributed by atoms with Crippen LogP contribution >= 0.6 is 0 Å². The Hall–Kier alpha value is -2.08. The van der Waals surface area contributed by atoms with Crippen LogP contribution in [-0.4, -0.2) is 59.0 Å². The average Bonchev–Trinajstić information content (AvgIpc) is 2.49. The molecule has 2 rings (SSSR count). The number of nitrogens with two attached hydrogens (primary N) is 1. The molecule has 114 valence electrons. The van der Waals surface area contributed by atoms with Crippen LogP contribution in [0.1, 0.15) is 12.5 Å². The molecular weight excluding hydrogens is 270 g/mol. The number of carboxylic acid groups (broad SMARTS) is 1. The van der Waals surface area contributed by atoms with Crippen molar-refractivity contribution in [1.82, 2.24) is 9.80 Å². The molecule has 0 bridgehead atoms. The lowest BCUT2D eigenvalue weighted by molar-refractivity contribution is -0.144. The van der Waals surface area contributed by atoms with Crippen LogP contribution in [0.5, 0.6) is 0 Å². The number of carboxylic acids is 1. The molecule has 21 heavy (non-hydrogen) atoms. The minimum atomic E-state index is -0.823. The molecule has 1 amide bonds. The van der Waals surface area contributed by atoms with Gasteiger partial charge in [0.1, 0.15) is 6.04 Å². The van der Waals surface area contributed by atoms with Gasteiger partial charge in [0.25, 0.3) is 0 Å². The number of hydrogen-bond donors (Lipinski definition) is 2. The molecule has 1 aliphatic rings. The number of rotatable bonds is 4. The summed E-state index contributed by atoms with van der Waals surface area (Å²) in [4.78, 5) is 26.9. The van der Waals surface area contributed by atoms with E-state index in [4.69, 9.17) is 10.8 Å². The number of hydrogen-bond acceptors (Lipinski definition) is 4. The smallest absolute Gasteiger partial charge is 0.320 e. The number of carbonyl (C=O) groups excluding carboxylic acids is 1. The number of piperazine rings is 1. The minimum absolute atomic E-state index is 0.0717. The predicted octanol–water partition coefficient (Wildman–Crippen LogP) is 0.429. The fourth-order valence-electron chi connectivity index (χ4n) is 2.44. The summed E-state index contributed by atoms with van der Waals surface area (Å²) in [6, 6.07) is 6.79. The van der Waals surface area contributed by atoms with Crippen molar-refractivity contribution in [2.45, 2.75) is 19.4 Å². The second-order valence-electron chi connectivity index (χ2n) is 5.35. The number of amides is 1. The molecule has 0 aromatic heterocycles. The Morgan fingerprint density at radius 2 is 1.76 bits per heavy atom. The largest absolute Gasteiger partial charge is 0.480 e. The molecule has 1 aromatic rings. The molecule has 1 aliphatic heterocycles. The quantitative estimate of drug-likeness (QED) is 0.786. The van der Waals surface area contributed by atoms with Gasteiger partial charge in [0.15, 0.2) is 0 Å². The van der Waals surface area contributed by atoms with Crippen molar-refractivity contribution in [2.24, 2.45) is 0 Å². The number of benzene rings is 1. The highest BCUT2D eigenvalue weighted by atomic mass is 16.4. The molecule has 0 spiro atoms. The van der Waals surface area contributed by atoms with Crippen molar-refractivity contribution < 1.29 is 14.7 Å². The van der Waals surface area contributed by atoms with Crippen molar-refractivity contribution in [3.05, 3.63) is 29.8 Å². The van der Waals surface area contributed by atoms with E-state index in [1.807, 2.05) is 17.0 Å². The van der Waals surface area contributed by atoms with E-state index in [1.54, 1.807) is 24.0 Å². The SMILES string of the molecule is CC(C(=O)O)N1CCN(C(=O)Cc2ccc(N)cc2)CC1. The van der Waals surface area contributed by atoms with E-state index in [2.05, 4.69) is 0 Å². The Morgan fingerprint density at radius 1 is 1.19 bits per heavy atom. The minimum Gasteiger partial charge on any atom is -0.480 e. The molecule has 3 N–H and O–H groups in total. The zero-order chi connectivity index (χ0) is 15.4. The van der Waals surface area contributed by atoms with Crippen LogP contribution in [0.25, 0.3) is 0 Å². The van der Waals surface area contributed by atoms with Gasteiger partial charge in [-0.2, -0.15) is 0 Å². The average molecular weight is 291 g/mol. The standard InChI is InChI=1S/C15H21N3O3/c1-11(15(20)21)17-6-8-18(9-7-17)14(19)10-12-2-4-13(16)5-3-12/h2-5,11H,6-10,16H2,1H3,(H,20,21). The van der Waals surface area contributed by atoms with E-state index >= 15 is 0 Å². The van der Waals surface area contributed by atoms with Crippen molar-refractivity contribution >= 4 is 17.6 Å². The van der Waals surface area contributed by atoms with Crippen LogP contribution in [-0.2, 0) is 16.0 Å². The highest BCUT2D eigenvalue weighted by Gasteiger charge is 2.26. The number of carbonyl (C=O) groups is 2. The summed E-state index contributed by atoms with van der Waals surface area (Å²) in [5.74, 6) is -0.751. The zero-order valence-corrected chi connectivity index (χ0v) is 12.2. The van der Waals surface area contributed by atoms with Gasteiger partial charge in [-0.1, -0.05) is 12.1 Å². The third-order valence-electron chi connectivity index (χ3n) is 3.91. The fraction of sp³-hybridized carbons (Fsp3) is 0.467. The third-order valence-corrected chi connectivity index (χ3v) is 3.91. The molecule has 1 fully saturated rings. The summed E-state index contributed by atoms with van der Waals surface area (Å²) in [5, 5.41) is 8.99. The lowest BCUT2D eigenvalue weighted by atomic mass is 10.1. The molecule has 0 radical (unpaired) electrons. The normalized spacial score (nSPS) is 17.5. The molecule has 0 saturated carbocycles. The first-order valence-corrected chi connectivity index (χ1v) is 7.06. The van der Waals surface area contributed by atoms with Gasteiger partial charge in [0.05, 0.1) is 6.42 Å². The predicted molar refractivity (Wildman–Crippen MR) is 79.8 cm³/mol. The molecule has 1 atom stereocenters. The van der Waals surface area contributed by atoms with Crippen molar-refractivity contribution in [3.63, 3.8) is 0 Å². The summed E-state index contributed by atoms with van der Waals surface area (Å²) < 4.78 is 0. The maximum atomic E-state index is 12.2. The van der Waals surface area contributed by atoms with E-state index in [9.17, 15) is 9.59 Å². The lowest BCUT2D eigenvalue weighted by Crippen LogP contribution is -2.53. The van der Waals surface area contributed by atoms with Gasteiger partial charge in [-0.15, -0.1) is 0 Å². The van der Waals surface area contributed by atoms with E-state index in [1.165, 1.54) is 0 Å². The molecule has 6 heteroatoms. The van der Waals surface area contributed by atoms with Crippen LogP contribution in [0.15, 0.2) is 24.3 Å². The number of nitrogen functional groups attached to an aromatic ring is 1. The summed E-state index contributed by atoms with van der Waals surface area (Å²) in [7, 11) is 0. The summed E-state index contributed by atoms with van der Waals surface area (Å²) in [6.45, 7) is 4.02. The molecule has 1 heterocycles. The van der Waals surface area contributed by atoms with Gasteiger partial charge in [-0.25, -0.2) is 0 Å². The van der Waals surface area contributed by atoms with E-state index in [-0.39, 0.29) is 5.91 Å². The monoisotopic (exact) mass is 291 g/mol. The van der Waals surface area contributed by atoms with E-state index < -0.39 is 12.0 Å². The molecule has 1 saturated heterocycles. The third kappa shape index (κ3) is 3.95. The van der Waals surface area contributed by atoms with Crippen LogP contribution in [0.3, 0.4) is 0 Å². The van der Waals surface area contributed by atoms with E-state index in [0.717, 1.165) is 5.56 Å². The maximum Gasteiger partial charge on any atom is 0.320 e. The van der Waals surface area contributed by atoms with E-state index in [0.29, 0.717) is 38.3 Å². The van der Waals surface area contributed by atoms with Gasteiger partial charge in [0.2, 0.25) is 5.91 Å². The Morgan fingerprint density at radius 3 is 2.29 bits per heavy atom. The lowest BCUT2D eigenvalue weighted by Gasteiger charge is -2.36. The maximum absolute atomic E-state index is 12.2. The summed E-state index contributed by atoms with van der Waals surface area (Å²) >= 11 is 0. The number of aliphatic carboxylic acids is 1. The van der Waals surface area contributed by atoms with Gasteiger partial charge < -0.3 is 15.7 Å².